The molecule has 28 heavy (non-hydrogen) atoms. The molecule has 5 rings (SSSR count). The molecule has 1 atom stereocenters. The Hall–Kier alpha value is -3.28. The molecule has 3 aromatic rings. The Morgan fingerprint density at radius 1 is 1.07 bits per heavy atom. The van der Waals surface area contributed by atoms with Gasteiger partial charge in [0.05, 0.1) is 11.7 Å². The number of hydrogen-bond donors (Lipinski definition) is 3. The average Bonchev–Trinajstić information content (AvgIpc) is 2.67. The zero-order valence-corrected chi connectivity index (χ0v) is 15.3. The van der Waals surface area contributed by atoms with Gasteiger partial charge in [0.2, 0.25) is 0 Å². The van der Waals surface area contributed by atoms with Crippen LogP contribution < -0.4 is 20.9 Å². The fourth-order valence-corrected chi connectivity index (χ4v) is 4.27. The highest BCUT2D eigenvalue weighted by molar-refractivity contribution is 6.01. The number of ether oxygens (including phenoxy) is 1. The van der Waals surface area contributed by atoms with Crippen molar-refractivity contribution in [1.82, 2.24) is 10.3 Å². The van der Waals surface area contributed by atoms with Gasteiger partial charge in [0.25, 0.3) is 5.56 Å². The number of aromatic amines is 1. The number of rotatable bonds is 2. The highest BCUT2D eigenvalue weighted by Crippen LogP contribution is 2.48. The summed E-state index contributed by atoms with van der Waals surface area (Å²) in [7, 11) is 0. The summed E-state index contributed by atoms with van der Waals surface area (Å²) in [6, 6.07) is 14.6. The van der Waals surface area contributed by atoms with Crippen molar-refractivity contribution in [3.63, 3.8) is 0 Å². The van der Waals surface area contributed by atoms with Gasteiger partial charge < -0.3 is 20.4 Å². The quantitative estimate of drug-likeness (QED) is 0.631. The molecule has 6 nitrogen and oxygen atoms in total. The van der Waals surface area contributed by atoms with Crippen molar-refractivity contribution in [3.05, 3.63) is 70.6 Å². The fraction of sp³-hybridized carbons (Fsp3) is 0.273. The maximum Gasteiger partial charge on any atom is 0.319 e. The minimum atomic E-state index is -0.288. The van der Waals surface area contributed by atoms with Crippen LogP contribution in [0.15, 0.2) is 59.5 Å². The molecule has 1 saturated carbocycles. The van der Waals surface area contributed by atoms with Crippen molar-refractivity contribution in [2.45, 2.75) is 37.3 Å². The molecular formula is C22H21N3O3. The van der Waals surface area contributed by atoms with Crippen LogP contribution in [-0.2, 0) is 0 Å². The maximum atomic E-state index is 12.8. The van der Waals surface area contributed by atoms with Crippen molar-refractivity contribution < 1.29 is 9.53 Å². The number of H-pyrrole nitrogens is 1. The standard InChI is InChI=1S/C22H21N3O3/c26-20-15-6-3-7-17(14(15)9-12-23-20)24-21(27)25-18-13-22(10-4-11-22)28-19-8-2-1-5-16(18)19/h1-3,5-9,12,18H,4,10-11,13H2,(H,23,26)(H2,24,25,27). The molecule has 3 N–H and O–H groups in total. The Morgan fingerprint density at radius 2 is 1.93 bits per heavy atom. The zero-order valence-electron chi connectivity index (χ0n) is 15.3. The number of aromatic nitrogens is 1. The van der Waals surface area contributed by atoms with Gasteiger partial charge in [-0.3, -0.25) is 4.79 Å². The first-order chi connectivity index (χ1) is 13.6. The normalized spacial score (nSPS) is 19.4. The number of benzene rings is 2. The second kappa shape index (κ2) is 6.41. The summed E-state index contributed by atoms with van der Waals surface area (Å²) in [5.41, 5.74) is 1.29. The van der Waals surface area contributed by atoms with Gasteiger partial charge >= 0.3 is 6.03 Å². The van der Waals surface area contributed by atoms with Crippen LogP contribution in [0.25, 0.3) is 10.8 Å². The molecule has 2 aromatic carbocycles. The molecule has 0 radical (unpaired) electrons. The van der Waals surface area contributed by atoms with Gasteiger partial charge in [-0.1, -0.05) is 24.3 Å². The number of anilines is 1. The van der Waals surface area contributed by atoms with Crippen molar-refractivity contribution in [2.24, 2.45) is 0 Å². The van der Waals surface area contributed by atoms with Crippen molar-refractivity contribution in [2.75, 3.05) is 5.32 Å². The zero-order chi connectivity index (χ0) is 19.1. The van der Waals surface area contributed by atoms with Crippen LogP contribution in [0.3, 0.4) is 0 Å². The minimum Gasteiger partial charge on any atom is -0.487 e. The molecule has 1 spiro atoms. The predicted octanol–water partition coefficient (Wildman–Crippen LogP) is 4.10. The molecule has 0 saturated heterocycles. The fourth-order valence-electron chi connectivity index (χ4n) is 4.27. The van der Waals surface area contributed by atoms with Crippen LogP contribution in [0.1, 0.15) is 37.3 Å². The summed E-state index contributed by atoms with van der Waals surface area (Å²) in [5, 5.41) is 7.28. The van der Waals surface area contributed by atoms with E-state index < -0.39 is 0 Å². The smallest absolute Gasteiger partial charge is 0.319 e. The number of carbonyl (C=O) groups excluding carboxylic acids is 1. The van der Waals surface area contributed by atoms with Gasteiger partial charge in [0.1, 0.15) is 11.4 Å². The summed E-state index contributed by atoms with van der Waals surface area (Å²) in [4.78, 5) is 27.4. The lowest BCUT2D eigenvalue weighted by atomic mass is 9.73. The van der Waals surface area contributed by atoms with Gasteiger partial charge in [-0.15, -0.1) is 0 Å². The van der Waals surface area contributed by atoms with E-state index in [1.165, 1.54) is 0 Å². The molecule has 2 amide bonds. The Bertz CT molecular complexity index is 1120. The van der Waals surface area contributed by atoms with E-state index in [-0.39, 0.29) is 23.2 Å². The number of amides is 2. The topological polar surface area (TPSA) is 83.2 Å². The summed E-state index contributed by atoms with van der Waals surface area (Å²) in [6.45, 7) is 0. The van der Waals surface area contributed by atoms with Gasteiger partial charge in [-0.25, -0.2) is 4.79 Å². The summed E-state index contributed by atoms with van der Waals surface area (Å²) >= 11 is 0. The van der Waals surface area contributed by atoms with Crippen LogP contribution in [0.2, 0.25) is 0 Å². The third-order valence-corrected chi connectivity index (χ3v) is 5.83. The van der Waals surface area contributed by atoms with Crippen molar-refractivity contribution >= 4 is 22.5 Å². The molecule has 1 aromatic heterocycles. The molecule has 2 aliphatic rings. The van der Waals surface area contributed by atoms with E-state index in [0.29, 0.717) is 16.5 Å². The number of nitrogens with one attached hydrogen (secondary N) is 3. The second-order valence-electron chi connectivity index (χ2n) is 7.61. The monoisotopic (exact) mass is 375 g/mol. The largest absolute Gasteiger partial charge is 0.487 e. The summed E-state index contributed by atoms with van der Waals surface area (Å²) < 4.78 is 6.25. The number of pyridine rings is 1. The van der Waals surface area contributed by atoms with E-state index in [0.717, 1.165) is 37.0 Å². The first kappa shape index (κ1) is 16.9. The number of fused-ring (bicyclic) bond motifs is 2. The minimum absolute atomic E-state index is 0.108. The Balaban J connectivity index is 1.40. The number of hydrogen-bond acceptors (Lipinski definition) is 3. The molecule has 0 bridgehead atoms. The Morgan fingerprint density at radius 3 is 2.75 bits per heavy atom. The Kier molecular flexibility index (Phi) is 3.86. The summed E-state index contributed by atoms with van der Waals surface area (Å²) in [6.07, 6.45) is 5.56. The molecule has 6 heteroatoms. The molecule has 142 valence electrons. The lowest BCUT2D eigenvalue weighted by molar-refractivity contribution is -0.0354. The summed E-state index contributed by atoms with van der Waals surface area (Å²) in [5.74, 6) is 0.857. The molecular weight excluding hydrogens is 354 g/mol. The lowest BCUT2D eigenvalue weighted by Crippen LogP contribution is -2.50. The first-order valence-corrected chi connectivity index (χ1v) is 9.59. The van der Waals surface area contributed by atoms with E-state index >= 15 is 0 Å². The number of carbonyl (C=O) groups is 1. The van der Waals surface area contributed by atoms with E-state index in [4.69, 9.17) is 4.74 Å². The van der Waals surface area contributed by atoms with Crippen molar-refractivity contribution in [3.8, 4) is 5.75 Å². The van der Waals surface area contributed by atoms with Crippen LogP contribution >= 0.6 is 0 Å². The molecule has 1 fully saturated rings. The average molecular weight is 375 g/mol. The van der Waals surface area contributed by atoms with E-state index in [1.54, 1.807) is 30.5 Å². The molecule has 1 aliphatic heterocycles. The number of urea groups is 1. The van der Waals surface area contributed by atoms with Gasteiger partial charge in [0.15, 0.2) is 0 Å². The van der Waals surface area contributed by atoms with Crippen LogP contribution in [-0.4, -0.2) is 16.6 Å². The van der Waals surface area contributed by atoms with E-state index in [2.05, 4.69) is 15.6 Å². The third kappa shape index (κ3) is 2.81. The SMILES string of the molecule is O=C(Nc1cccc2c(=O)[nH]ccc12)NC1CC2(CCC2)Oc2ccccc21. The van der Waals surface area contributed by atoms with E-state index in [1.807, 2.05) is 24.3 Å². The highest BCUT2D eigenvalue weighted by atomic mass is 16.5. The van der Waals surface area contributed by atoms with Crippen LogP contribution in [0.4, 0.5) is 10.5 Å². The van der Waals surface area contributed by atoms with Crippen LogP contribution in [0.5, 0.6) is 5.75 Å². The van der Waals surface area contributed by atoms with E-state index in [9.17, 15) is 9.59 Å². The van der Waals surface area contributed by atoms with Crippen LogP contribution in [0, 0.1) is 0 Å². The third-order valence-electron chi connectivity index (χ3n) is 5.83. The molecule has 2 heterocycles. The second-order valence-corrected chi connectivity index (χ2v) is 7.61. The Labute approximate surface area is 161 Å². The van der Waals surface area contributed by atoms with Gasteiger partial charge in [-0.2, -0.15) is 0 Å². The molecule has 1 aliphatic carbocycles. The highest BCUT2D eigenvalue weighted by Gasteiger charge is 2.45. The van der Waals surface area contributed by atoms with Gasteiger partial charge in [0, 0.05) is 29.0 Å². The van der Waals surface area contributed by atoms with Crippen molar-refractivity contribution in [1.29, 1.82) is 0 Å². The maximum absolute atomic E-state index is 12.8. The first-order valence-electron chi connectivity index (χ1n) is 9.59. The van der Waals surface area contributed by atoms with Gasteiger partial charge in [-0.05, 0) is 43.5 Å². The predicted molar refractivity (Wildman–Crippen MR) is 108 cm³/mol. The molecule has 1 unspecified atom stereocenters. The number of para-hydroxylation sites is 1. The lowest BCUT2D eigenvalue weighted by Gasteiger charge is -2.48.